The largest absolute Gasteiger partial charge is 0.382 e. The molecule has 2 aromatic heterocycles. The van der Waals surface area contributed by atoms with Crippen LogP contribution < -0.4 is 5.73 Å². The maximum atomic E-state index is 14.0. The normalized spacial score (nSPS) is 12.5. The van der Waals surface area contributed by atoms with Gasteiger partial charge in [0.15, 0.2) is 17.1 Å². The molecule has 0 spiro atoms. The van der Waals surface area contributed by atoms with Crippen molar-refractivity contribution in [3.63, 3.8) is 0 Å². The highest BCUT2D eigenvalue weighted by atomic mass is 19.1. The molecular weight excluding hydrogens is 352 g/mol. The molecule has 0 bridgehead atoms. The number of carbonyl (C=O) groups is 1. The van der Waals surface area contributed by atoms with Gasteiger partial charge in [-0.15, -0.1) is 0 Å². The van der Waals surface area contributed by atoms with E-state index < -0.39 is 18.0 Å². The number of fused-ring (bicyclic) bond motifs is 1. The third kappa shape index (κ3) is 3.99. The van der Waals surface area contributed by atoms with Gasteiger partial charge in [-0.2, -0.15) is 5.10 Å². The molecule has 0 saturated heterocycles. The molecule has 2 N–H and O–H groups in total. The van der Waals surface area contributed by atoms with Crippen molar-refractivity contribution in [2.75, 3.05) is 6.54 Å². The number of pyridine rings is 1. The van der Waals surface area contributed by atoms with Crippen molar-refractivity contribution in [1.82, 2.24) is 14.8 Å². The first-order valence-corrected chi connectivity index (χ1v) is 8.35. The van der Waals surface area contributed by atoms with E-state index in [0.717, 1.165) is 0 Å². The summed E-state index contributed by atoms with van der Waals surface area (Å²) in [5.74, 6) is -1.03. The van der Waals surface area contributed by atoms with Crippen LogP contribution in [0.25, 0.3) is 11.0 Å². The minimum atomic E-state index is -1.99. The number of carbonyl (C=O) groups excluding carboxylic acids is 1. The number of halogens is 2. The van der Waals surface area contributed by atoms with Crippen LogP contribution in [-0.2, 0) is 11.3 Å². The molecule has 27 heavy (non-hydrogen) atoms. The summed E-state index contributed by atoms with van der Waals surface area (Å²) in [5.41, 5.74) is 5.27. The van der Waals surface area contributed by atoms with Gasteiger partial charge in [0.2, 0.25) is 0 Å². The van der Waals surface area contributed by atoms with Gasteiger partial charge in [-0.25, -0.2) is 18.4 Å². The van der Waals surface area contributed by atoms with E-state index in [4.69, 9.17) is 5.73 Å². The van der Waals surface area contributed by atoms with Crippen molar-refractivity contribution < 1.29 is 13.6 Å². The van der Waals surface area contributed by atoms with E-state index in [1.807, 2.05) is 0 Å². The van der Waals surface area contributed by atoms with Crippen molar-refractivity contribution in [3.8, 4) is 0 Å². The molecule has 0 amide bonds. The van der Waals surface area contributed by atoms with Crippen molar-refractivity contribution in [2.45, 2.75) is 26.1 Å². The molecule has 3 aromatic rings. The molecule has 8 heteroatoms. The number of aliphatic imine (C=N–C) groups is 1. The van der Waals surface area contributed by atoms with Crippen molar-refractivity contribution in [3.05, 3.63) is 59.7 Å². The molecule has 2 heterocycles. The van der Waals surface area contributed by atoms with Crippen LogP contribution >= 0.6 is 0 Å². The summed E-state index contributed by atoms with van der Waals surface area (Å²) in [6.07, 6.45) is 1.59. The number of ketones is 1. The first-order valence-electron chi connectivity index (χ1n) is 8.35. The maximum Gasteiger partial charge on any atom is 0.190 e. The summed E-state index contributed by atoms with van der Waals surface area (Å²) >= 11 is 0. The molecule has 1 aromatic carbocycles. The Morgan fingerprint density at radius 1 is 1.26 bits per heavy atom. The Labute approximate surface area is 154 Å². The number of rotatable bonds is 6. The Bertz CT molecular complexity index is 1020. The van der Waals surface area contributed by atoms with Crippen molar-refractivity contribution in [1.29, 1.82) is 0 Å². The average Bonchev–Trinajstić information content (AvgIpc) is 2.99. The highest BCUT2D eigenvalue weighted by Crippen LogP contribution is 2.19. The lowest BCUT2D eigenvalue weighted by molar-refractivity contribution is -0.126. The Morgan fingerprint density at radius 3 is 2.70 bits per heavy atom. The average molecular weight is 371 g/mol. The number of hydrogen-bond acceptors (Lipinski definition) is 4. The fourth-order valence-electron chi connectivity index (χ4n) is 2.52. The van der Waals surface area contributed by atoms with Crippen LogP contribution in [0.3, 0.4) is 0 Å². The smallest absolute Gasteiger partial charge is 0.190 e. The van der Waals surface area contributed by atoms with Gasteiger partial charge in [0.25, 0.3) is 0 Å². The number of alkyl halides is 1. The summed E-state index contributed by atoms with van der Waals surface area (Å²) < 4.78 is 29.1. The molecule has 140 valence electrons. The van der Waals surface area contributed by atoms with Gasteiger partial charge in [0.1, 0.15) is 23.9 Å². The van der Waals surface area contributed by atoms with E-state index in [1.54, 1.807) is 36.5 Å². The van der Waals surface area contributed by atoms with Crippen LogP contribution in [0.5, 0.6) is 0 Å². The lowest BCUT2D eigenvalue weighted by Crippen LogP contribution is -2.29. The highest BCUT2D eigenvalue weighted by molar-refractivity contribution is 6.07. The van der Waals surface area contributed by atoms with Gasteiger partial charge >= 0.3 is 0 Å². The van der Waals surface area contributed by atoms with E-state index in [0.29, 0.717) is 22.3 Å². The quantitative estimate of drug-likeness (QED) is 0.533. The van der Waals surface area contributed by atoms with Crippen molar-refractivity contribution >= 4 is 22.7 Å². The zero-order chi connectivity index (χ0) is 19.6. The fourth-order valence-corrected chi connectivity index (χ4v) is 2.52. The zero-order valence-corrected chi connectivity index (χ0v) is 15.0. The summed E-state index contributed by atoms with van der Waals surface area (Å²) in [5, 5.41) is 5.01. The summed E-state index contributed by atoms with van der Waals surface area (Å²) in [6, 6.07) is 9.84. The summed E-state index contributed by atoms with van der Waals surface area (Å²) in [4.78, 5) is 20.0. The van der Waals surface area contributed by atoms with Gasteiger partial charge in [-0.3, -0.25) is 9.79 Å². The van der Waals surface area contributed by atoms with Gasteiger partial charge in [-0.1, -0.05) is 18.2 Å². The first-order chi connectivity index (χ1) is 12.8. The SMILES string of the molecule is CC(C)(F)C(=O)CN=C(N)c1nn(Cc2ccccc2F)c2ncccc12. The van der Waals surface area contributed by atoms with Crippen LogP contribution in [0.4, 0.5) is 8.78 Å². The minimum Gasteiger partial charge on any atom is -0.382 e. The second-order valence-corrected chi connectivity index (χ2v) is 6.57. The third-order valence-electron chi connectivity index (χ3n) is 4.08. The van der Waals surface area contributed by atoms with Crippen LogP contribution in [-0.4, -0.2) is 38.6 Å². The van der Waals surface area contributed by atoms with E-state index in [-0.39, 0.29) is 18.2 Å². The van der Waals surface area contributed by atoms with Crippen molar-refractivity contribution in [2.24, 2.45) is 10.7 Å². The molecule has 0 radical (unpaired) electrons. The van der Waals surface area contributed by atoms with Crippen LogP contribution in [0.1, 0.15) is 25.1 Å². The molecule has 3 rings (SSSR count). The third-order valence-corrected chi connectivity index (χ3v) is 4.08. The number of aromatic nitrogens is 3. The Balaban J connectivity index is 1.97. The predicted molar refractivity (Wildman–Crippen MR) is 98.8 cm³/mol. The Morgan fingerprint density at radius 2 is 2.00 bits per heavy atom. The highest BCUT2D eigenvalue weighted by Gasteiger charge is 2.26. The van der Waals surface area contributed by atoms with E-state index in [9.17, 15) is 13.6 Å². The van der Waals surface area contributed by atoms with E-state index in [2.05, 4.69) is 15.1 Å². The number of hydrogen-bond donors (Lipinski definition) is 1. The molecule has 0 aliphatic heterocycles. The Kier molecular flexibility index (Phi) is 4.98. The van der Waals surface area contributed by atoms with Gasteiger partial charge in [0, 0.05) is 11.8 Å². The van der Waals surface area contributed by atoms with Gasteiger partial charge in [-0.05, 0) is 32.0 Å². The molecule has 0 fully saturated rings. The van der Waals surface area contributed by atoms with Crippen LogP contribution in [0.2, 0.25) is 0 Å². The van der Waals surface area contributed by atoms with Crippen LogP contribution in [0.15, 0.2) is 47.6 Å². The monoisotopic (exact) mass is 371 g/mol. The Hall–Kier alpha value is -3.16. The predicted octanol–water partition coefficient (Wildman–Crippen LogP) is 2.64. The molecule has 0 aliphatic carbocycles. The second kappa shape index (κ2) is 7.22. The summed E-state index contributed by atoms with van der Waals surface area (Å²) in [7, 11) is 0. The van der Waals surface area contributed by atoms with E-state index in [1.165, 1.54) is 24.6 Å². The lowest BCUT2D eigenvalue weighted by Gasteiger charge is -2.10. The number of Topliss-reactive ketones (excluding diaryl/α,β-unsaturated/α-hetero) is 1. The molecule has 0 unspecified atom stereocenters. The van der Waals surface area contributed by atoms with Crippen LogP contribution in [0, 0.1) is 5.82 Å². The molecule has 6 nitrogen and oxygen atoms in total. The lowest BCUT2D eigenvalue weighted by atomic mass is 10.1. The van der Waals surface area contributed by atoms with Gasteiger partial charge < -0.3 is 5.73 Å². The molecular formula is C19H19F2N5O. The molecule has 0 saturated carbocycles. The number of amidine groups is 1. The maximum absolute atomic E-state index is 14.0. The molecule has 0 atom stereocenters. The number of nitrogens with two attached hydrogens (primary N) is 1. The first kappa shape index (κ1) is 18.6. The van der Waals surface area contributed by atoms with Gasteiger partial charge in [0.05, 0.1) is 11.9 Å². The summed E-state index contributed by atoms with van der Waals surface area (Å²) in [6.45, 7) is 2.11. The molecule has 0 aliphatic rings. The number of benzene rings is 1. The zero-order valence-electron chi connectivity index (χ0n) is 15.0. The fraction of sp³-hybridized carbons (Fsp3) is 0.263. The second-order valence-electron chi connectivity index (χ2n) is 6.57. The standard InChI is InChI=1S/C19H19F2N5O/c1-19(2,21)15(27)10-24-17(22)16-13-7-5-9-23-18(13)26(25-16)11-12-6-3-4-8-14(12)20/h3-9H,10-11H2,1-2H3,(H2,22,24). The number of nitrogens with zero attached hydrogens (tertiary/aromatic N) is 4. The minimum absolute atomic E-state index is 0.00196. The topological polar surface area (TPSA) is 86.2 Å². The van der Waals surface area contributed by atoms with E-state index >= 15 is 0 Å².